The summed E-state index contributed by atoms with van der Waals surface area (Å²) >= 11 is 4.53. The van der Waals surface area contributed by atoms with E-state index in [2.05, 4.69) is 38.8 Å². The van der Waals surface area contributed by atoms with Crippen LogP contribution >= 0.6 is 12.8 Å². The number of ketones is 1. The molecular weight excluding hydrogens is 368 g/mol. The first-order valence-corrected chi connectivity index (χ1v) is 11.2. The minimum absolute atomic E-state index is 0.114. The van der Waals surface area contributed by atoms with E-state index in [0.717, 1.165) is 58.2 Å². The maximum absolute atomic E-state index is 13.2. The fraction of sp³-hybridized carbons (Fsp3) is 0.652. The Morgan fingerprint density at radius 3 is 2.61 bits per heavy atom. The molecule has 1 amide bonds. The highest BCUT2D eigenvalue weighted by Gasteiger charge is 2.44. The SMILES string of the molecule is Cc1cc(C)c2c(c1)CC(CC(=O)C1CCN(S)[C@H]1C(=O)N1CCCC1)CC2. The first kappa shape index (κ1) is 20.0. The maximum Gasteiger partial charge on any atom is 0.241 e. The normalized spacial score (nSPS) is 27.8. The zero-order valence-corrected chi connectivity index (χ0v) is 18.0. The van der Waals surface area contributed by atoms with Crippen LogP contribution in [0.4, 0.5) is 0 Å². The highest BCUT2D eigenvalue weighted by molar-refractivity contribution is 7.77. The summed E-state index contributed by atoms with van der Waals surface area (Å²) in [5.74, 6) is 0.597. The second-order valence-corrected chi connectivity index (χ2v) is 9.55. The number of likely N-dealkylation sites (tertiary alicyclic amines) is 1. The van der Waals surface area contributed by atoms with Crippen molar-refractivity contribution in [2.75, 3.05) is 19.6 Å². The molecule has 2 heterocycles. The molecule has 0 radical (unpaired) electrons. The molecule has 3 atom stereocenters. The molecule has 0 aromatic heterocycles. The largest absolute Gasteiger partial charge is 0.341 e. The third kappa shape index (κ3) is 3.88. The number of thiol groups is 1. The molecule has 3 aliphatic rings. The Bertz CT molecular complexity index is 772. The van der Waals surface area contributed by atoms with Crippen LogP contribution in [0.5, 0.6) is 0 Å². The van der Waals surface area contributed by atoms with Gasteiger partial charge in [-0.1, -0.05) is 30.5 Å². The van der Waals surface area contributed by atoms with Crippen molar-refractivity contribution in [2.24, 2.45) is 11.8 Å². The summed E-state index contributed by atoms with van der Waals surface area (Å²) in [5, 5.41) is 0. The molecule has 0 bridgehead atoms. The van der Waals surface area contributed by atoms with Gasteiger partial charge < -0.3 is 4.90 Å². The van der Waals surface area contributed by atoms with Crippen LogP contribution in [0.3, 0.4) is 0 Å². The summed E-state index contributed by atoms with van der Waals surface area (Å²) in [6.45, 7) is 6.73. The van der Waals surface area contributed by atoms with Crippen molar-refractivity contribution < 1.29 is 9.59 Å². The van der Waals surface area contributed by atoms with Crippen molar-refractivity contribution in [2.45, 2.75) is 64.8 Å². The van der Waals surface area contributed by atoms with Crippen LogP contribution in [0.2, 0.25) is 0 Å². The summed E-state index contributed by atoms with van der Waals surface area (Å²) < 4.78 is 1.81. The van der Waals surface area contributed by atoms with E-state index in [9.17, 15) is 9.59 Å². The zero-order valence-electron chi connectivity index (χ0n) is 17.1. The van der Waals surface area contributed by atoms with E-state index >= 15 is 0 Å². The number of amides is 1. The first-order valence-electron chi connectivity index (χ1n) is 10.8. The van der Waals surface area contributed by atoms with Crippen LogP contribution in [0.15, 0.2) is 12.1 Å². The third-order valence-corrected chi connectivity index (χ3v) is 7.42. The standard InChI is InChI=1S/C23H32N2O2S/c1-15-11-16(2)19-6-5-17(13-18(19)12-15)14-21(26)20-7-10-25(28)22(20)23(27)24-8-3-4-9-24/h11-12,17,20,22,28H,3-10,13-14H2,1-2H3/t17?,20?,22-/m1/s1. The van der Waals surface area contributed by atoms with Gasteiger partial charge in [-0.05, 0) is 75.0 Å². The average molecular weight is 401 g/mol. The number of carbonyl (C=O) groups is 2. The molecule has 2 aliphatic heterocycles. The van der Waals surface area contributed by atoms with E-state index in [1.807, 2.05) is 9.21 Å². The van der Waals surface area contributed by atoms with Crippen molar-refractivity contribution in [1.82, 2.24) is 9.21 Å². The molecule has 28 heavy (non-hydrogen) atoms. The van der Waals surface area contributed by atoms with E-state index in [1.54, 1.807) is 0 Å². The van der Waals surface area contributed by atoms with Crippen molar-refractivity contribution in [3.05, 3.63) is 34.4 Å². The quantitative estimate of drug-likeness (QED) is 0.786. The number of fused-ring (bicyclic) bond motifs is 1. The van der Waals surface area contributed by atoms with Crippen LogP contribution < -0.4 is 0 Å². The predicted molar refractivity (Wildman–Crippen MR) is 114 cm³/mol. The van der Waals surface area contributed by atoms with Gasteiger partial charge in [0, 0.05) is 32.0 Å². The number of carbonyl (C=O) groups excluding carboxylic acids is 2. The third-order valence-electron chi connectivity index (χ3n) is 6.97. The molecule has 0 N–H and O–H groups in total. The van der Waals surface area contributed by atoms with Gasteiger partial charge in [0.15, 0.2) is 0 Å². The van der Waals surface area contributed by atoms with Gasteiger partial charge >= 0.3 is 0 Å². The van der Waals surface area contributed by atoms with E-state index in [1.165, 1.54) is 22.3 Å². The van der Waals surface area contributed by atoms with Gasteiger partial charge in [0.1, 0.15) is 11.8 Å². The number of benzene rings is 1. The lowest BCUT2D eigenvalue weighted by molar-refractivity contribution is -0.138. The molecule has 2 unspecified atom stereocenters. The highest BCUT2D eigenvalue weighted by atomic mass is 32.1. The van der Waals surface area contributed by atoms with Gasteiger partial charge in [-0.3, -0.25) is 9.59 Å². The smallest absolute Gasteiger partial charge is 0.241 e. The molecule has 4 nitrogen and oxygen atoms in total. The summed E-state index contributed by atoms with van der Waals surface area (Å²) in [6.07, 6.45) is 6.64. The Morgan fingerprint density at radius 2 is 1.86 bits per heavy atom. The molecule has 0 saturated carbocycles. The van der Waals surface area contributed by atoms with E-state index < -0.39 is 0 Å². The summed E-state index contributed by atoms with van der Waals surface area (Å²) in [6, 6.07) is 4.19. The van der Waals surface area contributed by atoms with Crippen LogP contribution in [0.25, 0.3) is 0 Å². The molecule has 0 spiro atoms. The Hall–Kier alpha value is -1.33. The van der Waals surface area contributed by atoms with Gasteiger partial charge in [-0.25, -0.2) is 4.31 Å². The van der Waals surface area contributed by atoms with Crippen LogP contribution in [-0.4, -0.2) is 46.6 Å². The second kappa shape index (κ2) is 8.19. The average Bonchev–Trinajstić information content (AvgIpc) is 3.30. The fourth-order valence-electron chi connectivity index (χ4n) is 5.53. The van der Waals surface area contributed by atoms with Gasteiger partial charge in [0.2, 0.25) is 5.91 Å². The van der Waals surface area contributed by atoms with E-state index in [-0.39, 0.29) is 23.7 Å². The van der Waals surface area contributed by atoms with Crippen LogP contribution in [0, 0.1) is 25.7 Å². The molecule has 1 aliphatic carbocycles. The molecule has 1 aromatic rings. The molecule has 1 aromatic carbocycles. The van der Waals surface area contributed by atoms with Crippen LogP contribution in [0.1, 0.15) is 54.4 Å². The molecule has 152 valence electrons. The molecule has 5 heteroatoms. The predicted octanol–water partition coefficient (Wildman–Crippen LogP) is 3.53. The minimum atomic E-state index is -0.366. The number of nitrogens with zero attached hydrogens (tertiary/aromatic N) is 2. The Labute approximate surface area is 174 Å². The first-order chi connectivity index (χ1) is 13.4. The topological polar surface area (TPSA) is 40.6 Å². The maximum atomic E-state index is 13.2. The Kier molecular flexibility index (Phi) is 5.84. The number of hydrogen-bond acceptors (Lipinski definition) is 4. The number of Topliss-reactive ketones (excluding diaryl/α,β-unsaturated/α-hetero) is 1. The summed E-state index contributed by atoms with van der Waals surface area (Å²) in [5.41, 5.74) is 5.60. The van der Waals surface area contributed by atoms with E-state index in [4.69, 9.17) is 0 Å². The van der Waals surface area contributed by atoms with Crippen molar-refractivity contribution in [3.63, 3.8) is 0 Å². The number of rotatable bonds is 4. The van der Waals surface area contributed by atoms with Gasteiger partial charge in [0.25, 0.3) is 0 Å². The van der Waals surface area contributed by atoms with Crippen molar-refractivity contribution >= 4 is 24.5 Å². The Balaban J connectivity index is 1.43. The summed E-state index contributed by atoms with van der Waals surface area (Å²) in [4.78, 5) is 28.1. The lowest BCUT2D eigenvalue weighted by Crippen LogP contribution is -2.46. The minimum Gasteiger partial charge on any atom is -0.341 e. The highest BCUT2D eigenvalue weighted by Crippen LogP contribution is 2.35. The van der Waals surface area contributed by atoms with Crippen molar-refractivity contribution in [3.8, 4) is 0 Å². The Morgan fingerprint density at radius 1 is 1.11 bits per heavy atom. The van der Waals surface area contributed by atoms with E-state index in [0.29, 0.717) is 12.3 Å². The molecule has 2 fully saturated rings. The molecular formula is C23H32N2O2S. The van der Waals surface area contributed by atoms with Gasteiger partial charge in [0.05, 0.1) is 0 Å². The lowest BCUT2D eigenvalue weighted by Gasteiger charge is -2.29. The van der Waals surface area contributed by atoms with Gasteiger partial charge in [-0.2, -0.15) is 0 Å². The second-order valence-electron chi connectivity index (χ2n) is 9.03. The van der Waals surface area contributed by atoms with Crippen molar-refractivity contribution in [1.29, 1.82) is 0 Å². The fourth-order valence-corrected chi connectivity index (χ4v) is 5.91. The number of aryl methyl sites for hydroxylation is 2. The number of hydrogen-bond donors (Lipinski definition) is 1. The lowest BCUT2D eigenvalue weighted by atomic mass is 9.77. The molecule has 4 rings (SSSR count). The monoisotopic (exact) mass is 400 g/mol. The van der Waals surface area contributed by atoms with Crippen LogP contribution in [-0.2, 0) is 22.4 Å². The summed E-state index contributed by atoms with van der Waals surface area (Å²) in [7, 11) is 0. The zero-order chi connectivity index (χ0) is 19.8. The van der Waals surface area contributed by atoms with Gasteiger partial charge in [-0.15, -0.1) is 0 Å². The molecule has 2 saturated heterocycles.